The van der Waals surface area contributed by atoms with E-state index in [4.69, 9.17) is 0 Å². The lowest BCUT2D eigenvalue weighted by atomic mass is 10.1. The van der Waals surface area contributed by atoms with Gasteiger partial charge in [-0.25, -0.2) is 9.97 Å². The number of carbonyl (C=O) groups is 1. The Morgan fingerprint density at radius 2 is 1.71 bits per heavy atom. The van der Waals surface area contributed by atoms with Crippen LogP contribution in [-0.4, -0.2) is 70.8 Å². The van der Waals surface area contributed by atoms with E-state index in [1.165, 1.54) is 0 Å². The van der Waals surface area contributed by atoms with E-state index in [0.717, 1.165) is 41.3 Å². The maximum absolute atomic E-state index is 12.8. The first kappa shape index (κ1) is 20.8. The number of para-hydroxylation sites is 1. The van der Waals surface area contributed by atoms with Crippen molar-refractivity contribution in [2.24, 2.45) is 0 Å². The van der Waals surface area contributed by atoms with Crippen molar-refractivity contribution in [2.75, 3.05) is 50.1 Å². The molecule has 1 amide bonds. The third kappa shape index (κ3) is 4.52. The number of aryl methyl sites for hydroxylation is 2. The van der Waals surface area contributed by atoms with Crippen LogP contribution in [0.25, 0.3) is 11.1 Å². The average molecular weight is 420 g/mol. The molecule has 1 fully saturated rings. The molecule has 4 rings (SSSR count). The first-order valence-corrected chi connectivity index (χ1v) is 10.5. The monoisotopic (exact) mass is 419 g/mol. The molecule has 0 N–H and O–H groups in total. The van der Waals surface area contributed by atoms with Gasteiger partial charge in [0.1, 0.15) is 6.54 Å². The van der Waals surface area contributed by atoms with Gasteiger partial charge in [0.05, 0.1) is 5.69 Å². The molecule has 0 aliphatic carbocycles. The summed E-state index contributed by atoms with van der Waals surface area (Å²) in [6.07, 6.45) is 3.74. The Balaban J connectivity index is 1.44. The van der Waals surface area contributed by atoms with Gasteiger partial charge in [-0.15, -0.1) is 0 Å². The zero-order chi connectivity index (χ0) is 22.0. The normalized spacial score (nSPS) is 14.1. The van der Waals surface area contributed by atoms with E-state index >= 15 is 0 Å². The standard InChI is InChI=1S/C23H29N7O/c1-17-13-18(2)30(26-17)16-22(31)29-11-9-28(10-12-29)21-8-6-5-7-20(21)19-14-24-23(25-15-19)27(3)4/h5-8,13-15H,9-12,16H2,1-4H3. The summed E-state index contributed by atoms with van der Waals surface area (Å²) in [4.78, 5) is 27.9. The molecular weight excluding hydrogens is 390 g/mol. The van der Waals surface area contributed by atoms with Crippen molar-refractivity contribution in [3.63, 3.8) is 0 Å². The fourth-order valence-electron chi connectivity index (χ4n) is 3.94. The van der Waals surface area contributed by atoms with Gasteiger partial charge in [0.2, 0.25) is 11.9 Å². The van der Waals surface area contributed by atoms with E-state index < -0.39 is 0 Å². The van der Waals surface area contributed by atoms with Crippen LogP contribution >= 0.6 is 0 Å². The fraction of sp³-hybridized carbons (Fsp3) is 0.391. The number of benzene rings is 1. The Hall–Kier alpha value is -3.42. The number of rotatable bonds is 5. The van der Waals surface area contributed by atoms with Crippen molar-refractivity contribution in [2.45, 2.75) is 20.4 Å². The molecule has 2 aromatic heterocycles. The molecule has 3 heterocycles. The predicted molar refractivity (Wildman–Crippen MR) is 122 cm³/mol. The first-order chi connectivity index (χ1) is 14.9. The van der Waals surface area contributed by atoms with Crippen LogP contribution in [0.2, 0.25) is 0 Å². The lowest BCUT2D eigenvalue weighted by molar-refractivity contribution is -0.132. The molecular formula is C23H29N7O. The van der Waals surface area contributed by atoms with E-state index in [2.05, 4.69) is 32.1 Å². The highest BCUT2D eigenvalue weighted by Crippen LogP contribution is 2.31. The van der Waals surface area contributed by atoms with Crippen LogP contribution < -0.4 is 9.80 Å². The summed E-state index contributed by atoms with van der Waals surface area (Å²) in [6, 6.07) is 10.3. The Kier molecular flexibility index (Phi) is 5.88. The molecule has 1 saturated heterocycles. The molecule has 1 aliphatic heterocycles. The maximum Gasteiger partial charge on any atom is 0.244 e. The molecule has 31 heavy (non-hydrogen) atoms. The topological polar surface area (TPSA) is 70.4 Å². The molecule has 1 aliphatic rings. The number of hydrogen-bond donors (Lipinski definition) is 0. The largest absolute Gasteiger partial charge is 0.367 e. The van der Waals surface area contributed by atoms with Crippen molar-refractivity contribution < 1.29 is 4.79 Å². The Bertz CT molecular complexity index is 1050. The number of hydrogen-bond acceptors (Lipinski definition) is 6. The van der Waals surface area contributed by atoms with Gasteiger partial charge in [0, 0.05) is 75.2 Å². The van der Waals surface area contributed by atoms with E-state index in [9.17, 15) is 4.79 Å². The van der Waals surface area contributed by atoms with Crippen LogP contribution in [-0.2, 0) is 11.3 Å². The Morgan fingerprint density at radius 3 is 2.32 bits per heavy atom. The smallest absolute Gasteiger partial charge is 0.244 e. The van der Waals surface area contributed by atoms with Gasteiger partial charge in [0.25, 0.3) is 0 Å². The van der Waals surface area contributed by atoms with Crippen LogP contribution in [0.5, 0.6) is 0 Å². The molecule has 0 saturated carbocycles. The van der Waals surface area contributed by atoms with Gasteiger partial charge in [-0.1, -0.05) is 18.2 Å². The van der Waals surface area contributed by atoms with Crippen LogP contribution in [0.1, 0.15) is 11.4 Å². The second-order valence-electron chi connectivity index (χ2n) is 8.14. The number of piperazine rings is 1. The van der Waals surface area contributed by atoms with Gasteiger partial charge >= 0.3 is 0 Å². The fourth-order valence-corrected chi connectivity index (χ4v) is 3.94. The minimum atomic E-state index is 0.117. The summed E-state index contributed by atoms with van der Waals surface area (Å²) in [5, 5.41) is 4.41. The van der Waals surface area contributed by atoms with Gasteiger partial charge < -0.3 is 14.7 Å². The molecule has 8 heteroatoms. The summed E-state index contributed by atoms with van der Waals surface area (Å²) in [7, 11) is 3.86. The quantitative estimate of drug-likeness (QED) is 0.632. The maximum atomic E-state index is 12.8. The summed E-state index contributed by atoms with van der Waals surface area (Å²) < 4.78 is 1.79. The highest BCUT2D eigenvalue weighted by atomic mass is 16.2. The third-order valence-electron chi connectivity index (χ3n) is 5.61. The minimum absolute atomic E-state index is 0.117. The van der Waals surface area contributed by atoms with Crippen LogP contribution in [0.15, 0.2) is 42.7 Å². The number of carbonyl (C=O) groups excluding carboxylic acids is 1. The van der Waals surface area contributed by atoms with Crippen molar-refractivity contribution in [1.29, 1.82) is 0 Å². The van der Waals surface area contributed by atoms with Gasteiger partial charge in [-0.2, -0.15) is 5.10 Å². The molecule has 8 nitrogen and oxygen atoms in total. The van der Waals surface area contributed by atoms with Crippen molar-refractivity contribution in [3.05, 3.63) is 54.1 Å². The molecule has 0 unspecified atom stereocenters. The highest BCUT2D eigenvalue weighted by Gasteiger charge is 2.23. The summed E-state index contributed by atoms with van der Waals surface area (Å²) in [5.74, 6) is 0.808. The van der Waals surface area contributed by atoms with E-state index in [1.54, 1.807) is 4.68 Å². The first-order valence-electron chi connectivity index (χ1n) is 10.5. The Labute approximate surface area is 183 Å². The SMILES string of the molecule is Cc1cc(C)n(CC(=O)N2CCN(c3ccccc3-c3cnc(N(C)C)nc3)CC2)n1. The third-order valence-corrected chi connectivity index (χ3v) is 5.61. The molecule has 0 radical (unpaired) electrons. The predicted octanol–water partition coefficient (Wildman–Crippen LogP) is 2.37. The van der Waals surface area contributed by atoms with Crippen molar-refractivity contribution in [3.8, 4) is 11.1 Å². The number of nitrogens with zero attached hydrogens (tertiary/aromatic N) is 7. The van der Waals surface area contributed by atoms with Crippen molar-refractivity contribution >= 4 is 17.5 Å². The molecule has 1 aromatic carbocycles. The van der Waals surface area contributed by atoms with Crippen LogP contribution in [0, 0.1) is 13.8 Å². The number of aromatic nitrogens is 4. The molecule has 0 spiro atoms. The second-order valence-corrected chi connectivity index (χ2v) is 8.14. The van der Waals surface area contributed by atoms with Crippen molar-refractivity contribution in [1.82, 2.24) is 24.6 Å². The lowest BCUT2D eigenvalue weighted by Crippen LogP contribution is -2.49. The second kappa shape index (κ2) is 8.75. The number of amides is 1. The van der Waals surface area contributed by atoms with Crippen LogP contribution in [0.3, 0.4) is 0 Å². The average Bonchev–Trinajstić information content (AvgIpc) is 3.10. The van der Waals surface area contributed by atoms with E-state index in [0.29, 0.717) is 25.6 Å². The highest BCUT2D eigenvalue weighted by molar-refractivity contribution is 5.79. The van der Waals surface area contributed by atoms with Gasteiger partial charge in [-0.3, -0.25) is 9.48 Å². The van der Waals surface area contributed by atoms with Crippen LogP contribution in [0.4, 0.5) is 11.6 Å². The summed E-state index contributed by atoms with van der Waals surface area (Å²) >= 11 is 0. The Morgan fingerprint density at radius 1 is 1.03 bits per heavy atom. The minimum Gasteiger partial charge on any atom is -0.367 e. The zero-order valence-corrected chi connectivity index (χ0v) is 18.6. The number of anilines is 2. The van der Waals surface area contributed by atoms with E-state index in [-0.39, 0.29) is 5.91 Å². The molecule has 3 aromatic rings. The lowest BCUT2D eigenvalue weighted by Gasteiger charge is -2.37. The molecule has 0 bridgehead atoms. The van der Waals surface area contributed by atoms with Gasteiger partial charge in [0.15, 0.2) is 0 Å². The van der Waals surface area contributed by atoms with E-state index in [1.807, 2.05) is 68.3 Å². The van der Waals surface area contributed by atoms with Gasteiger partial charge in [-0.05, 0) is 26.0 Å². The molecule has 162 valence electrons. The summed E-state index contributed by atoms with van der Waals surface area (Å²) in [5.41, 5.74) is 5.20. The zero-order valence-electron chi connectivity index (χ0n) is 18.6. The molecule has 0 atom stereocenters. The summed E-state index contributed by atoms with van der Waals surface area (Å²) in [6.45, 7) is 7.20.